The minimum Gasteiger partial charge on any atom is -0.463 e. The summed E-state index contributed by atoms with van der Waals surface area (Å²) in [5.41, 5.74) is -2.48. The predicted octanol–water partition coefficient (Wildman–Crippen LogP) is -0.298. The number of hydrogen-bond donors (Lipinski definition) is 1. The molecular formula is C8H10N2O6. The van der Waals surface area contributed by atoms with Crippen molar-refractivity contribution < 1.29 is 24.0 Å². The second-order valence-corrected chi connectivity index (χ2v) is 2.91. The minimum atomic E-state index is -2.48. The van der Waals surface area contributed by atoms with E-state index in [0.29, 0.717) is 0 Å². The fourth-order valence-electron chi connectivity index (χ4n) is 1.08. The summed E-state index contributed by atoms with van der Waals surface area (Å²) in [5, 5.41) is 20.3. The Labute approximate surface area is 90.0 Å². The highest BCUT2D eigenvalue weighted by molar-refractivity contribution is 5.79. The number of nitro groups is 1. The Bertz CT molecular complexity index is 376. The number of hydrogen-bond acceptors (Lipinski definition) is 7. The van der Waals surface area contributed by atoms with Gasteiger partial charge in [0.1, 0.15) is 6.26 Å². The van der Waals surface area contributed by atoms with E-state index in [2.05, 4.69) is 9.72 Å². The third-order valence-corrected chi connectivity index (χ3v) is 1.76. The van der Waals surface area contributed by atoms with Crippen LogP contribution in [0.15, 0.2) is 16.9 Å². The van der Waals surface area contributed by atoms with Crippen molar-refractivity contribution in [3.63, 3.8) is 0 Å². The standard InChI is InChI=1S/C8H10N2O6/c1-2-15-7(11)8(12,5-10(13)14)6-9-3-4-16-6/h3-4,12H,2,5H2,1H3. The lowest BCUT2D eigenvalue weighted by Crippen LogP contribution is -2.43. The summed E-state index contributed by atoms with van der Waals surface area (Å²) < 4.78 is 9.24. The molecule has 0 amide bonds. The van der Waals surface area contributed by atoms with Gasteiger partial charge in [0.25, 0.3) is 6.54 Å². The number of carbonyl (C=O) groups excluding carboxylic acids is 1. The molecule has 16 heavy (non-hydrogen) atoms. The number of esters is 1. The first-order valence-corrected chi connectivity index (χ1v) is 4.42. The number of rotatable bonds is 5. The number of ether oxygens (including phenoxy) is 1. The topological polar surface area (TPSA) is 116 Å². The van der Waals surface area contributed by atoms with Crippen molar-refractivity contribution >= 4 is 5.97 Å². The van der Waals surface area contributed by atoms with E-state index >= 15 is 0 Å². The van der Waals surface area contributed by atoms with Crippen molar-refractivity contribution in [2.75, 3.05) is 13.2 Å². The highest BCUT2D eigenvalue weighted by Crippen LogP contribution is 2.21. The minimum absolute atomic E-state index is 0.0143. The zero-order valence-corrected chi connectivity index (χ0v) is 8.45. The van der Waals surface area contributed by atoms with Crippen LogP contribution in [0.25, 0.3) is 0 Å². The monoisotopic (exact) mass is 230 g/mol. The molecule has 8 nitrogen and oxygen atoms in total. The number of aliphatic hydroxyl groups is 1. The summed E-state index contributed by atoms with van der Waals surface area (Å²) in [6.45, 7) is 0.436. The molecule has 0 aliphatic carbocycles. The van der Waals surface area contributed by atoms with E-state index in [1.165, 1.54) is 13.1 Å². The van der Waals surface area contributed by atoms with Gasteiger partial charge in [0, 0.05) is 4.92 Å². The molecule has 0 fully saturated rings. The van der Waals surface area contributed by atoms with Gasteiger partial charge in [-0.1, -0.05) is 0 Å². The Hall–Kier alpha value is -1.96. The van der Waals surface area contributed by atoms with E-state index in [0.717, 1.165) is 6.26 Å². The first-order valence-electron chi connectivity index (χ1n) is 4.42. The van der Waals surface area contributed by atoms with E-state index in [4.69, 9.17) is 4.42 Å². The maximum absolute atomic E-state index is 11.4. The molecular weight excluding hydrogens is 220 g/mol. The smallest absolute Gasteiger partial charge is 0.355 e. The van der Waals surface area contributed by atoms with E-state index < -0.39 is 28.9 Å². The quantitative estimate of drug-likeness (QED) is 0.419. The van der Waals surface area contributed by atoms with Gasteiger partial charge in [-0.05, 0) is 6.92 Å². The van der Waals surface area contributed by atoms with Crippen molar-refractivity contribution in [1.29, 1.82) is 0 Å². The Morgan fingerprint density at radius 3 is 2.94 bits per heavy atom. The lowest BCUT2D eigenvalue weighted by molar-refractivity contribution is -0.500. The Morgan fingerprint density at radius 2 is 2.50 bits per heavy atom. The molecule has 1 heterocycles. The first-order chi connectivity index (χ1) is 7.50. The largest absolute Gasteiger partial charge is 0.463 e. The molecule has 1 rings (SSSR count). The van der Waals surface area contributed by atoms with Crippen LogP contribution < -0.4 is 0 Å². The molecule has 1 aromatic heterocycles. The van der Waals surface area contributed by atoms with Crippen molar-refractivity contribution in [2.24, 2.45) is 0 Å². The first kappa shape index (κ1) is 12.1. The molecule has 0 aromatic carbocycles. The molecule has 1 aromatic rings. The molecule has 0 saturated carbocycles. The molecule has 0 aliphatic heterocycles. The Kier molecular flexibility index (Phi) is 3.56. The maximum atomic E-state index is 11.4. The molecule has 0 bridgehead atoms. The van der Waals surface area contributed by atoms with Gasteiger partial charge in [-0.3, -0.25) is 10.1 Å². The summed E-state index contributed by atoms with van der Waals surface area (Å²) >= 11 is 0. The molecule has 1 N–H and O–H groups in total. The van der Waals surface area contributed by atoms with Gasteiger partial charge in [-0.15, -0.1) is 0 Å². The molecule has 8 heteroatoms. The fraction of sp³-hybridized carbons (Fsp3) is 0.500. The Morgan fingerprint density at radius 1 is 1.81 bits per heavy atom. The van der Waals surface area contributed by atoms with Crippen LogP contribution in [0.3, 0.4) is 0 Å². The lowest BCUT2D eigenvalue weighted by Gasteiger charge is -2.17. The summed E-state index contributed by atoms with van der Waals surface area (Å²) in [5.74, 6) is -1.61. The average molecular weight is 230 g/mol. The van der Waals surface area contributed by atoms with Crippen molar-refractivity contribution in [3.8, 4) is 0 Å². The van der Waals surface area contributed by atoms with Gasteiger partial charge < -0.3 is 14.3 Å². The molecule has 88 valence electrons. The second kappa shape index (κ2) is 4.71. The van der Waals surface area contributed by atoms with Gasteiger partial charge in [-0.2, -0.15) is 0 Å². The highest BCUT2D eigenvalue weighted by atomic mass is 16.6. The number of nitrogens with zero attached hydrogens (tertiary/aromatic N) is 2. The molecule has 0 radical (unpaired) electrons. The third-order valence-electron chi connectivity index (χ3n) is 1.76. The van der Waals surface area contributed by atoms with Crippen molar-refractivity contribution in [2.45, 2.75) is 12.5 Å². The summed E-state index contributed by atoms with van der Waals surface area (Å²) in [4.78, 5) is 24.5. The zero-order valence-electron chi connectivity index (χ0n) is 8.45. The predicted molar refractivity (Wildman–Crippen MR) is 48.9 cm³/mol. The van der Waals surface area contributed by atoms with Crippen molar-refractivity contribution in [3.05, 3.63) is 28.5 Å². The normalized spacial score (nSPS) is 14.1. The molecule has 0 saturated heterocycles. The zero-order chi connectivity index (χ0) is 12.2. The summed E-state index contributed by atoms with van der Waals surface area (Å²) in [6, 6.07) is 0. The van der Waals surface area contributed by atoms with Crippen LogP contribution in [0.1, 0.15) is 12.8 Å². The molecule has 0 aliphatic rings. The highest BCUT2D eigenvalue weighted by Gasteiger charge is 2.49. The van der Waals surface area contributed by atoms with E-state index in [1.807, 2.05) is 0 Å². The number of carbonyl (C=O) groups is 1. The third kappa shape index (κ3) is 2.34. The van der Waals surface area contributed by atoms with Gasteiger partial charge in [0.2, 0.25) is 5.89 Å². The fourth-order valence-corrected chi connectivity index (χ4v) is 1.08. The summed E-state index contributed by atoms with van der Waals surface area (Å²) in [6.07, 6.45) is 2.26. The summed E-state index contributed by atoms with van der Waals surface area (Å²) in [7, 11) is 0. The van der Waals surface area contributed by atoms with E-state index in [-0.39, 0.29) is 6.61 Å². The van der Waals surface area contributed by atoms with Gasteiger partial charge in [0.05, 0.1) is 12.8 Å². The number of oxazole rings is 1. The lowest BCUT2D eigenvalue weighted by atomic mass is 10.1. The molecule has 1 atom stereocenters. The van der Waals surface area contributed by atoms with Crippen LogP contribution in [-0.4, -0.2) is 34.1 Å². The van der Waals surface area contributed by atoms with E-state index in [9.17, 15) is 20.0 Å². The van der Waals surface area contributed by atoms with Crippen LogP contribution in [0, 0.1) is 10.1 Å². The molecule has 0 spiro atoms. The maximum Gasteiger partial charge on any atom is 0.355 e. The Balaban J connectivity index is 3.02. The van der Waals surface area contributed by atoms with Crippen LogP contribution >= 0.6 is 0 Å². The number of aromatic nitrogens is 1. The second-order valence-electron chi connectivity index (χ2n) is 2.91. The van der Waals surface area contributed by atoms with Crippen molar-refractivity contribution in [1.82, 2.24) is 4.98 Å². The van der Waals surface area contributed by atoms with Crippen LogP contribution in [-0.2, 0) is 15.1 Å². The van der Waals surface area contributed by atoms with Gasteiger partial charge >= 0.3 is 11.6 Å². The van der Waals surface area contributed by atoms with Gasteiger partial charge in [-0.25, -0.2) is 9.78 Å². The van der Waals surface area contributed by atoms with E-state index in [1.54, 1.807) is 0 Å². The van der Waals surface area contributed by atoms with Crippen LogP contribution in [0.2, 0.25) is 0 Å². The average Bonchev–Trinajstić information content (AvgIpc) is 2.69. The SMILES string of the molecule is CCOC(=O)C(O)(C[N+](=O)[O-])c1ncco1. The van der Waals surface area contributed by atoms with Crippen LogP contribution in [0.4, 0.5) is 0 Å². The van der Waals surface area contributed by atoms with Crippen LogP contribution in [0.5, 0.6) is 0 Å². The van der Waals surface area contributed by atoms with Gasteiger partial charge in [0.15, 0.2) is 0 Å². The molecule has 1 unspecified atom stereocenters.